The van der Waals surface area contributed by atoms with Crippen LogP contribution in [-0.2, 0) is 9.59 Å². The third kappa shape index (κ3) is 6.97. The first-order valence-corrected chi connectivity index (χ1v) is 12.4. The van der Waals surface area contributed by atoms with E-state index in [1.807, 2.05) is 26.5 Å². The molecule has 0 spiro atoms. The van der Waals surface area contributed by atoms with Crippen LogP contribution in [0.4, 0.5) is 10.1 Å². The normalized spacial score (nSPS) is 20.3. The van der Waals surface area contributed by atoms with Gasteiger partial charge in [0.1, 0.15) is 5.82 Å². The van der Waals surface area contributed by atoms with Crippen LogP contribution in [0.3, 0.4) is 0 Å². The molecule has 0 bridgehead atoms. The van der Waals surface area contributed by atoms with Gasteiger partial charge in [0.05, 0.1) is 26.2 Å². The number of piperazine rings is 1. The molecule has 2 amide bonds. The summed E-state index contributed by atoms with van der Waals surface area (Å²) in [5, 5.41) is 3.52. The van der Waals surface area contributed by atoms with Crippen LogP contribution in [0, 0.1) is 5.82 Å². The molecule has 0 aliphatic carbocycles. The van der Waals surface area contributed by atoms with Crippen LogP contribution < -0.4 is 10.2 Å². The second-order valence-electron chi connectivity index (χ2n) is 7.44. The Bertz CT molecular complexity index is 663. The van der Waals surface area contributed by atoms with Crippen LogP contribution in [0.1, 0.15) is 32.1 Å². The Morgan fingerprint density at radius 3 is 2.79 bits per heavy atom. The number of halogens is 1. The van der Waals surface area contributed by atoms with Gasteiger partial charge in [-0.25, -0.2) is 4.39 Å². The fraction of sp³-hybridized carbons (Fsp3) is 0.600. The summed E-state index contributed by atoms with van der Waals surface area (Å²) < 4.78 is 13.2. The van der Waals surface area contributed by atoms with Gasteiger partial charge >= 0.3 is 0 Å². The van der Waals surface area contributed by atoms with Crippen LogP contribution in [-0.4, -0.2) is 60.4 Å². The predicted molar refractivity (Wildman–Crippen MR) is 114 cm³/mol. The monoisotopic (exact) mass is 426 g/mol. The molecule has 5 nitrogen and oxygen atoms in total. The highest BCUT2D eigenvalue weighted by molar-refractivity contribution is 8.77. The van der Waals surface area contributed by atoms with Crippen LogP contribution in [0.2, 0.25) is 0 Å². The lowest BCUT2D eigenvalue weighted by Crippen LogP contribution is -3.15. The highest BCUT2D eigenvalue weighted by Gasteiger charge is 2.25. The number of benzene rings is 1. The van der Waals surface area contributed by atoms with Gasteiger partial charge in [-0.1, -0.05) is 34.1 Å². The van der Waals surface area contributed by atoms with E-state index in [0.717, 1.165) is 36.1 Å². The van der Waals surface area contributed by atoms with Crippen molar-refractivity contribution < 1.29 is 18.9 Å². The lowest BCUT2D eigenvalue weighted by Gasteiger charge is -2.32. The number of carbonyl (C=O) groups is 2. The summed E-state index contributed by atoms with van der Waals surface area (Å²) in [6.45, 7) is 3.30. The van der Waals surface area contributed by atoms with E-state index in [9.17, 15) is 14.0 Å². The quantitative estimate of drug-likeness (QED) is 0.494. The Morgan fingerprint density at radius 1 is 1.25 bits per heavy atom. The Balaban J connectivity index is 1.30. The van der Waals surface area contributed by atoms with Crippen molar-refractivity contribution in [2.45, 2.75) is 37.4 Å². The maximum Gasteiger partial charge on any atom is 0.279 e. The molecule has 2 aliphatic rings. The molecule has 2 fully saturated rings. The topological polar surface area (TPSA) is 53.9 Å². The van der Waals surface area contributed by atoms with E-state index in [0.29, 0.717) is 31.7 Å². The van der Waals surface area contributed by atoms with Gasteiger partial charge in [0, 0.05) is 23.1 Å². The molecule has 1 aromatic carbocycles. The highest BCUT2D eigenvalue weighted by atomic mass is 33.1. The molecule has 0 aromatic heterocycles. The Labute approximate surface area is 174 Å². The largest absolute Gasteiger partial charge is 0.331 e. The van der Waals surface area contributed by atoms with E-state index in [2.05, 4.69) is 5.32 Å². The molecule has 0 unspecified atom stereocenters. The summed E-state index contributed by atoms with van der Waals surface area (Å²) in [6.07, 6.45) is 5.28. The minimum absolute atomic E-state index is 0.122. The summed E-state index contributed by atoms with van der Waals surface area (Å²) in [7, 11) is 3.97. The van der Waals surface area contributed by atoms with Crippen molar-refractivity contribution in [2.75, 3.05) is 43.8 Å². The molecule has 0 saturated carbocycles. The molecule has 2 saturated heterocycles. The fourth-order valence-corrected chi connectivity index (χ4v) is 6.65. The first-order valence-electron chi connectivity index (χ1n) is 10.0. The minimum Gasteiger partial charge on any atom is -0.331 e. The molecule has 2 heterocycles. The van der Waals surface area contributed by atoms with Crippen molar-refractivity contribution in [3.63, 3.8) is 0 Å². The van der Waals surface area contributed by atoms with Gasteiger partial charge in [-0.3, -0.25) is 9.59 Å². The predicted octanol–water partition coefficient (Wildman–Crippen LogP) is 2.21. The number of hydrogen-bond acceptors (Lipinski definition) is 4. The molecule has 154 valence electrons. The third-order valence-electron chi connectivity index (χ3n) is 5.24. The average Bonchev–Trinajstić information content (AvgIpc) is 3.19. The number of hydrogen-bond donors (Lipinski definition) is 2. The molecule has 1 atom stereocenters. The van der Waals surface area contributed by atoms with E-state index in [4.69, 9.17) is 0 Å². The third-order valence-corrected chi connectivity index (χ3v) is 8.24. The summed E-state index contributed by atoms with van der Waals surface area (Å²) in [5.41, 5.74) is 0.479. The molecule has 2 aliphatic heterocycles. The van der Waals surface area contributed by atoms with E-state index in [-0.39, 0.29) is 17.6 Å². The zero-order valence-electron chi connectivity index (χ0n) is 16.1. The molecular weight excluding hydrogens is 397 g/mol. The number of nitrogens with zero attached hydrogens (tertiary/aromatic N) is 1. The lowest BCUT2D eigenvalue weighted by molar-refractivity contribution is -0.895. The SMILES string of the molecule is O=C(C[NH+]1CCN(C(=O)CCCC[C@H]2CCSS2)CC1)Nc1cccc(F)c1. The fourth-order valence-electron chi connectivity index (χ4n) is 3.62. The second-order valence-corrected chi connectivity index (χ2v) is 10.2. The summed E-state index contributed by atoms with van der Waals surface area (Å²) >= 11 is 0. The Kier molecular flexibility index (Phi) is 8.48. The first kappa shape index (κ1) is 21.5. The highest BCUT2D eigenvalue weighted by Crippen LogP contribution is 2.39. The number of nitrogens with one attached hydrogen (secondary N) is 2. The minimum atomic E-state index is -0.363. The van der Waals surface area contributed by atoms with Crippen LogP contribution >= 0.6 is 21.6 Å². The molecule has 1 aromatic rings. The van der Waals surface area contributed by atoms with E-state index >= 15 is 0 Å². The van der Waals surface area contributed by atoms with Gasteiger partial charge in [-0.15, -0.1) is 0 Å². The van der Waals surface area contributed by atoms with Crippen LogP contribution in [0.15, 0.2) is 24.3 Å². The number of amides is 2. The van der Waals surface area contributed by atoms with Crippen molar-refractivity contribution in [2.24, 2.45) is 0 Å². The van der Waals surface area contributed by atoms with Gasteiger partial charge in [0.25, 0.3) is 5.91 Å². The number of anilines is 1. The molecule has 8 heteroatoms. The van der Waals surface area contributed by atoms with Gasteiger partial charge in [0.15, 0.2) is 6.54 Å². The van der Waals surface area contributed by atoms with Crippen LogP contribution in [0.25, 0.3) is 0 Å². The van der Waals surface area contributed by atoms with E-state index in [1.54, 1.807) is 12.1 Å². The zero-order chi connectivity index (χ0) is 19.8. The summed E-state index contributed by atoms with van der Waals surface area (Å²) in [6, 6.07) is 5.92. The maximum absolute atomic E-state index is 13.2. The first-order chi connectivity index (χ1) is 13.6. The van der Waals surface area contributed by atoms with Crippen molar-refractivity contribution in [3.8, 4) is 0 Å². The van der Waals surface area contributed by atoms with Gasteiger partial charge < -0.3 is 15.1 Å². The van der Waals surface area contributed by atoms with Crippen molar-refractivity contribution in [1.29, 1.82) is 0 Å². The van der Waals surface area contributed by atoms with Gasteiger partial charge in [-0.2, -0.15) is 0 Å². The molecule has 3 rings (SSSR count). The zero-order valence-corrected chi connectivity index (χ0v) is 17.8. The van der Waals surface area contributed by atoms with Crippen molar-refractivity contribution in [1.82, 2.24) is 4.90 Å². The van der Waals surface area contributed by atoms with Crippen molar-refractivity contribution >= 4 is 39.1 Å². The molecular formula is C20H29FN3O2S2+. The number of quaternary nitrogens is 1. The van der Waals surface area contributed by atoms with Crippen LogP contribution in [0.5, 0.6) is 0 Å². The standard InChI is InChI=1S/C20H28FN3O2S2/c21-16-4-3-5-17(14-16)22-19(25)15-23-9-11-24(12-10-23)20(26)7-2-1-6-18-8-13-27-28-18/h3-5,14,18H,1-2,6-13,15H2,(H,22,25)/p+1/t18-/m0/s1. The molecule has 2 N–H and O–H groups in total. The van der Waals surface area contributed by atoms with Gasteiger partial charge in [-0.05, 0) is 37.5 Å². The number of carbonyl (C=O) groups excluding carboxylic acids is 2. The second kappa shape index (κ2) is 11.1. The number of unbranched alkanes of at least 4 members (excludes halogenated alkanes) is 1. The Hall–Kier alpha value is -1.25. The van der Waals surface area contributed by atoms with E-state index in [1.165, 1.54) is 30.7 Å². The van der Waals surface area contributed by atoms with Gasteiger partial charge in [0.2, 0.25) is 5.91 Å². The summed E-state index contributed by atoms with van der Waals surface area (Å²) in [4.78, 5) is 27.6. The average molecular weight is 427 g/mol. The Morgan fingerprint density at radius 2 is 2.07 bits per heavy atom. The van der Waals surface area contributed by atoms with Crippen molar-refractivity contribution in [3.05, 3.63) is 30.1 Å². The summed E-state index contributed by atoms with van der Waals surface area (Å²) in [5.74, 6) is 1.03. The lowest BCUT2D eigenvalue weighted by atomic mass is 10.1. The molecule has 0 radical (unpaired) electrons. The van der Waals surface area contributed by atoms with E-state index < -0.39 is 0 Å². The maximum atomic E-state index is 13.2. The number of rotatable bonds is 8. The molecule has 28 heavy (non-hydrogen) atoms. The smallest absolute Gasteiger partial charge is 0.279 e.